The highest BCUT2D eigenvalue weighted by molar-refractivity contribution is 14.1. The summed E-state index contributed by atoms with van der Waals surface area (Å²) in [6.45, 7) is 1.19. The minimum absolute atomic E-state index is 0.673. The minimum Gasteiger partial charge on any atom is -0.309 e. The highest BCUT2D eigenvalue weighted by atomic mass is 127. The van der Waals surface area contributed by atoms with Gasteiger partial charge in [0.2, 0.25) is 0 Å². The predicted octanol–water partition coefficient (Wildman–Crippen LogP) is 2.39. The highest BCUT2D eigenvalue weighted by Crippen LogP contribution is 2.31. The van der Waals surface area contributed by atoms with Crippen molar-refractivity contribution in [1.82, 2.24) is 5.32 Å². The first kappa shape index (κ1) is 7.06. The van der Waals surface area contributed by atoms with Crippen LogP contribution < -0.4 is 5.32 Å². The molecule has 0 spiro atoms. The van der Waals surface area contributed by atoms with Crippen molar-refractivity contribution in [2.75, 3.05) is 6.54 Å². The van der Waals surface area contributed by atoms with Crippen molar-refractivity contribution in [2.24, 2.45) is 0 Å². The second kappa shape index (κ2) is 2.79. The van der Waals surface area contributed by atoms with Crippen LogP contribution in [-0.2, 0) is 0 Å². The molecule has 2 rings (SSSR count). The second-order valence-corrected chi connectivity index (χ2v) is 4.54. The average Bonchev–Trinajstić information content (AvgIpc) is 2.12. The number of nitrogens with one attached hydrogen (secondary N) is 1. The summed E-state index contributed by atoms with van der Waals surface area (Å²) in [5, 5.41) is 5.56. The van der Waals surface area contributed by atoms with Gasteiger partial charge in [-0.3, -0.25) is 0 Å². The molecule has 0 aromatic carbocycles. The molecule has 0 bridgehead atoms. The van der Waals surface area contributed by atoms with Gasteiger partial charge in [-0.15, -0.1) is 11.3 Å². The van der Waals surface area contributed by atoms with E-state index in [1.54, 1.807) is 0 Å². The first-order valence-electron chi connectivity index (χ1n) is 3.34. The van der Waals surface area contributed by atoms with E-state index in [4.69, 9.17) is 0 Å². The molecule has 2 heterocycles. The zero-order chi connectivity index (χ0) is 6.97. The van der Waals surface area contributed by atoms with Gasteiger partial charge >= 0.3 is 0 Å². The summed E-state index contributed by atoms with van der Waals surface area (Å²) in [5.41, 5.74) is 0. The lowest BCUT2D eigenvalue weighted by atomic mass is 10.1. The Labute approximate surface area is 78.0 Å². The number of hydrogen-bond donors (Lipinski definition) is 1. The van der Waals surface area contributed by atoms with Crippen LogP contribution in [0.25, 0.3) is 0 Å². The predicted molar refractivity (Wildman–Crippen MR) is 52.4 cm³/mol. The van der Waals surface area contributed by atoms with E-state index in [0.29, 0.717) is 6.04 Å². The minimum atomic E-state index is 0.673. The van der Waals surface area contributed by atoms with E-state index >= 15 is 0 Å². The van der Waals surface area contributed by atoms with Crippen LogP contribution in [0.15, 0.2) is 11.4 Å². The summed E-state index contributed by atoms with van der Waals surface area (Å²) in [7, 11) is 0. The SMILES string of the molecule is Ic1ccsc1[C@@H]1CCN1. The van der Waals surface area contributed by atoms with E-state index in [0.717, 1.165) is 0 Å². The van der Waals surface area contributed by atoms with Crippen molar-refractivity contribution < 1.29 is 0 Å². The van der Waals surface area contributed by atoms with E-state index in [-0.39, 0.29) is 0 Å². The zero-order valence-corrected chi connectivity index (χ0v) is 8.41. The maximum Gasteiger partial charge on any atom is 0.0437 e. The maximum atomic E-state index is 3.39. The molecule has 1 saturated heterocycles. The molecule has 0 radical (unpaired) electrons. The Bertz CT molecular complexity index is 229. The van der Waals surface area contributed by atoms with Crippen LogP contribution in [-0.4, -0.2) is 6.54 Å². The number of halogens is 1. The molecule has 54 valence electrons. The van der Waals surface area contributed by atoms with Crippen LogP contribution in [0.5, 0.6) is 0 Å². The monoisotopic (exact) mass is 265 g/mol. The quantitative estimate of drug-likeness (QED) is 0.769. The fourth-order valence-electron chi connectivity index (χ4n) is 1.07. The Morgan fingerprint density at radius 1 is 1.70 bits per heavy atom. The molecule has 3 heteroatoms. The third kappa shape index (κ3) is 1.10. The normalized spacial score (nSPS) is 24.3. The summed E-state index contributed by atoms with van der Waals surface area (Å²) in [6.07, 6.45) is 1.32. The lowest BCUT2D eigenvalue weighted by molar-refractivity contribution is 0.388. The second-order valence-electron chi connectivity index (χ2n) is 2.43. The third-order valence-corrected chi connectivity index (χ3v) is 4.12. The molecule has 1 aromatic heterocycles. The summed E-state index contributed by atoms with van der Waals surface area (Å²) >= 11 is 4.26. The molecular weight excluding hydrogens is 257 g/mol. The molecule has 0 amide bonds. The summed E-state index contributed by atoms with van der Waals surface area (Å²) in [4.78, 5) is 1.52. The van der Waals surface area contributed by atoms with E-state index < -0.39 is 0 Å². The molecule has 0 aliphatic carbocycles. The number of rotatable bonds is 1. The molecule has 1 nitrogen and oxygen atoms in total. The van der Waals surface area contributed by atoms with Crippen LogP contribution in [0.3, 0.4) is 0 Å². The summed E-state index contributed by atoms with van der Waals surface area (Å²) in [5.74, 6) is 0. The van der Waals surface area contributed by atoms with Gasteiger partial charge in [-0.05, 0) is 47.0 Å². The molecule has 1 fully saturated rings. The molecule has 1 aliphatic heterocycles. The van der Waals surface area contributed by atoms with Crippen LogP contribution in [0.4, 0.5) is 0 Å². The van der Waals surface area contributed by atoms with E-state index in [1.165, 1.54) is 21.4 Å². The fraction of sp³-hybridized carbons (Fsp3) is 0.429. The lowest BCUT2D eigenvalue weighted by Gasteiger charge is -2.26. The van der Waals surface area contributed by atoms with Crippen LogP contribution in [0.1, 0.15) is 17.3 Å². The standard InChI is InChI=1S/C7H8INS/c8-5-2-4-10-7(5)6-1-3-9-6/h2,4,6,9H,1,3H2/t6-/m0/s1. The van der Waals surface area contributed by atoms with E-state index in [1.807, 2.05) is 11.3 Å². The zero-order valence-electron chi connectivity index (χ0n) is 5.43. The Kier molecular flexibility index (Phi) is 1.97. The van der Waals surface area contributed by atoms with Crippen molar-refractivity contribution in [3.63, 3.8) is 0 Å². The van der Waals surface area contributed by atoms with Crippen molar-refractivity contribution in [1.29, 1.82) is 0 Å². The molecule has 1 atom stereocenters. The van der Waals surface area contributed by atoms with Gasteiger partial charge < -0.3 is 5.32 Å². The van der Waals surface area contributed by atoms with Gasteiger partial charge in [0.1, 0.15) is 0 Å². The van der Waals surface area contributed by atoms with Crippen molar-refractivity contribution in [3.05, 3.63) is 19.9 Å². The maximum absolute atomic E-state index is 3.39. The molecular formula is C7H8INS. The molecule has 1 aromatic rings. The van der Waals surface area contributed by atoms with Crippen molar-refractivity contribution in [3.8, 4) is 0 Å². The fourth-order valence-corrected chi connectivity index (χ4v) is 3.14. The van der Waals surface area contributed by atoms with Gasteiger partial charge in [-0.25, -0.2) is 0 Å². The molecule has 0 unspecified atom stereocenters. The Hall–Kier alpha value is 0.390. The number of hydrogen-bond acceptors (Lipinski definition) is 2. The molecule has 1 aliphatic rings. The van der Waals surface area contributed by atoms with Crippen molar-refractivity contribution in [2.45, 2.75) is 12.5 Å². The van der Waals surface area contributed by atoms with Gasteiger partial charge in [-0.1, -0.05) is 0 Å². The van der Waals surface area contributed by atoms with Crippen LogP contribution in [0, 0.1) is 3.57 Å². The highest BCUT2D eigenvalue weighted by Gasteiger charge is 2.21. The number of thiophene rings is 1. The van der Waals surface area contributed by atoms with Crippen LogP contribution >= 0.6 is 33.9 Å². The van der Waals surface area contributed by atoms with Crippen molar-refractivity contribution >= 4 is 33.9 Å². The summed E-state index contributed by atoms with van der Waals surface area (Å²) < 4.78 is 1.42. The first-order valence-corrected chi connectivity index (χ1v) is 5.30. The van der Waals surface area contributed by atoms with Gasteiger partial charge in [-0.2, -0.15) is 0 Å². The Morgan fingerprint density at radius 2 is 2.50 bits per heavy atom. The molecule has 1 N–H and O–H groups in total. The third-order valence-electron chi connectivity index (χ3n) is 1.79. The summed E-state index contributed by atoms with van der Waals surface area (Å²) in [6, 6.07) is 2.85. The molecule has 0 saturated carbocycles. The van der Waals surface area contributed by atoms with E-state index in [9.17, 15) is 0 Å². The van der Waals surface area contributed by atoms with Gasteiger partial charge in [0.05, 0.1) is 0 Å². The smallest absolute Gasteiger partial charge is 0.0437 e. The largest absolute Gasteiger partial charge is 0.309 e. The topological polar surface area (TPSA) is 12.0 Å². The Morgan fingerprint density at radius 3 is 2.90 bits per heavy atom. The van der Waals surface area contributed by atoms with E-state index in [2.05, 4.69) is 39.4 Å². The lowest BCUT2D eigenvalue weighted by Crippen LogP contribution is -2.34. The van der Waals surface area contributed by atoms with Gasteiger partial charge in [0.25, 0.3) is 0 Å². The average molecular weight is 265 g/mol. The van der Waals surface area contributed by atoms with Crippen LogP contribution in [0.2, 0.25) is 0 Å². The van der Waals surface area contributed by atoms with Gasteiger partial charge in [0, 0.05) is 14.5 Å². The Balaban J connectivity index is 2.23. The molecule has 10 heavy (non-hydrogen) atoms. The van der Waals surface area contributed by atoms with Gasteiger partial charge in [0.15, 0.2) is 0 Å². The first-order chi connectivity index (χ1) is 4.88.